The first-order valence-corrected chi connectivity index (χ1v) is 10.4. The van der Waals surface area contributed by atoms with Crippen LogP contribution >= 0.6 is 11.6 Å². The summed E-state index contributed by atoms with van der Waals surface area (Å²) in [5.74, 6) is -0.247. The van der Waals surface area contributed by atoms with E-state index < -0.39 is 10.0 Å². The molecule has 0 heterocycles. The Kier molecular flexibility index (Phi) is 6.31. The second kappa shape index (κ2) is 8.10. The molecule has 5 nitrogen and oxygen atoms in total. The number of benzene rings is 2. The first-order valence-electron chi connectivity index (χ1n) is 8.19. The highest BCUT2D eigenvalue weighted by Gasteiger charge is 2.21. The summed E-state index contributed by atoms with van der Waals surface area (Å²) in [6, 6.07) is 10.8. The number of carbonyl (C=O) groups excluding carboxylic acids is 1. The van der Waals surface area contributed by atoms with Crippen molar-refractivity contribution in [3.05, 3.63) is 58.1 Å². The lowest BCUT2D eigenvalue weighted by Crippen LogP contribution is -2.33. The maximum Gasteiger partial charge on any atom is 0.232 e. The Morgan fingerprint density at radius 1 is 1.12 bits per heavy atom. The molecule has 140 valence electrons. The molecule has 2 aromatic rings. The van der Waals surface area contributed by atoms with Gasteiger partial charge in [0.2, 0.25) is 15.9 Å². The third-order valence-corrected chi connectivity index (χ3v) is 5.54. The molecule has 0 saturated carbocycles. The molecule has 1 amide bonds. The van der Waals surface area contributed by atoms with Crippen LogP contribution < -0.4 is 9.62 Å². The molecule has 0 bridgehead atoms. The van der Waals surface area contributed by atoms with Crippen LogP contribution in [0.2, 0.25) is 5.02 Å². The van der Waals surface area contributed by atoms with Crippen LogP contribution in [0.5, 0.6) is 0 Å². The summed E-state index contributed by atoms with van der Waals surface area (Å²) in [7, 11) is -3.54. The largest absolute Gasteiger partial charge is 0.326 e. The number of aryl methyl sites for hydroxylation is 2. The minimum atomic E-state index is -3.54. The number of nitrogens with one attached hydrogen (secondary N) is 1. The van der Waals surface area contributed by atoms with Crippen LogP contribution in [0.3, 0.4) is 0 Å². The predicted octanol–water partition coefficient (Wildman–Crippen LogP) is 4.06. The second-order valence-electron chi connectivity index (χ2n) is 6.39. The molecule has 0 radical (unpaired) electrons. The van der Waals surface area contributed by atoms with E-state index in [1.807, 2.05) is 32.0 Å². The van der Waals surface area contributed by atoms with Gasteiger partial charge >= 0.3 is 0 Å². The molecule has 0 atom stereocenters. The lowest BCUT2D eigenvalue weighted by atomic mass is 10.1. The molecule has 0 aliphatic heterocycles. The molecule has 0 spiro atoms. The third-order valence-electron chi connectivity index (χ3n) is 3.96. The number of amides is 1. The first-order chi connectivity index (χ1) is 12.1. The van der Waals surface area contributed by atoms with E-state index in [4.69, 9.17) is 11.6 Å². The van der Waals surface area contributed by atoms with Crippen LogP contribution in [0, 0.1) is 20.8 Å². The normalized spacial score (nSPS) is 11.3. The second-order valence-corrected chi connectivity index (χ2v) is 8.71. The van der Waals surface area contributed by atoms with Crippen LogP contribution in [0.15, 0.2) is 36.4 Å². The number of carbonyl (C=O) groups is 1. The fourth-order valence-corrected chi connectivity index (χ4v) is 3.95. The molecule has 7 heteroatoms. The van der Waals surface area contributed by atoms with E-state index in [1.54, 1.807) is 25.1 Å². The van der Waals surface area contributed by atoms with E-state index in [-0.39, 0.29) is 18.9 Å². The highest BCUT2D eigenvalue weighted by Crippen LogP contribution is 2.28. The van der Waals surface area contributed by atoms with E-state index in [0.29, 0.717) is 22.0 Å². The number of anilines is 2. The van der Waals surface area contributed by atoms with Gasteiger partial charge in [-0.1, -0.05) is 23.7 Å². The number of hydrogen-bond acceptors (Lipinski definition) is 3. The molecule has 0 fully saturated rings. The van der Waals surface area contributed by atoms with E-state index in [9.17, 15) is 13.2 Å². The fraction of sp³-hybridized carbons (Fsp3) is 0.316. The van der Waals surface area contributed by atoms with Crippen LogP contribution in [-0.2, 0) is 14.8 Å². The zero-order valence-corrected chi connectivity index (χ0v) is 16.9. The summed E-state index contributed by atoms with van der Waals surface area (Å²) in [4.78, 5) is 12.3. The van der Waals surface area contributed by atoms with Gasteiger partial charge in [-0.3, -0.25) is 9.10 Å². The van der Waals surface area contributed by atoms with Gasteiger partial charge in [-0.2, -0.15) is 0 Å². The van der Waals surface area contributed by atoms with Gasteiger partial charge in [-0.15, -0.1) is 0 Å². The maximum atomic E-state index is 12.3. The standard InChI is InChI=1S/C19H23ClN2O3S/c1-13-10-14(2)12-16(11-13)21-19(23)8-9-22(26(4,24)25)18-7-5-6-17(20)15(18)3/h5-7,10-12H,8-9H2,1-4H3,(H,21,23). The summed E-state index contributed by atoms with van der Waals surface area (Å²) in [6.07, 6.45) is 1.15. The Hall–Kier alpha value is -2.05. The quantitative estimate of drug-likeness (QED) is 0.803. The Balaban J connectivity index is 2.15. The molecule has 2 rings (SSSR count). The molecule has 0 saturated heterocycles. The van der Waals surface area contributed by atoms with Gasteiger partial charge in [0.05, 0.1) is 11.9 Å². The summed E-state index contributed by atoms with van der Waals surface area (Å²) >= 11 is 6.11. The van der Waals surface area contributed by atoms with Crippen molar-refractivity contribution < 1.29 is 13.2 Å². The number of halogens is 1. The number of nitrogens with zero attached hydrogens (tertiary/aromatic N) is 1. The van der Waals surface area contributed by atoms with Crippen LogP contribution in [0.25, 0.3) is 0 Å². The van der Waals surface area contributed by atoms with Crippen molar-refractivity contribution in [3.8, 4) is 0 Å². The topological polar surface area (TPSA) is 66.5 Å². The Morgan fingerprint density at radius 3 is 2.31 bits per heavy atom. The van der Waals surface area contributed by atoms with Crippen molar-refractivity contribution in [2.75, 3.05) is 22.4 Å². The van der Waals surface area contributed by atoms with Crippen LogP contribution in [0.4, 0.5) is 11.4 Å². The molecule has 26 heavy (non-hydrogen) atoms. The molecule has 0 aromatic heterocycles. The lowest BCUT2D eigenvalue weighted by Gasteiger charge is -2.24. The van der Waals surface area contributed by atoms with Crippen molar-refractivity contribution in [3.63, 3.8) is 0 Å². The molecule has 0 unspecified atom stereocenters. The van der Waals surface area contributed by atoms with Crippen LogP contribution in [-0.4, -0.2) is 27.1 Å². The van der Waals surface area contributed by atoms with E-state index >= 15 is 0 Å². The summed E-state index contributed by atoms with van der Waals surface area (Å²) in [5.41, 5.74) is 3.95. The summed E-state index contributed by atoms with van der Waals surface area (Å²) in [5, 5.41) is 3.30. The van der Waals surface area contributed by atoms with Gasteiger partial charge in [0.1, 0.15) is 0 Å². The third kappa shape index (κ3) is 5.22. The fourth-order valence-electron chi connectivity index (χ4n) is 2.80. The van der Waals surface area contributed by atoms with Gasteiger partial charge < -0.3 is 5.32 Å². The lowest BCUT2D eigenvalue weighted by molar-refractivity contribution is -0.116. The van der Waals surface area contributed by atoms with Gasteiger partial charge in [0.15, 0.2) is 0 Å². The molecule has 0 aliphatic carbocycles. The molecular weight excluding hydrogens is 372 g/mol. The number of hydrogen-bond donors (Lipinski definition) is 1. The maximum absolute atomic E-state index is 12.3. The van der Waals surface area contributed by atoms with Crippen molar-refractivity contribution in [2.24, 2.45) is 0 Å². The van der Waals surface area contributed by atoms with E-state index in [0.717, 1.165) is 17.4 Å². The van der Waals surface area contributed by atoms with E-state index in [2.05, 4.69) is 5.32 Å². The smallest absolute Gasteiger partial charge is 0.232 e. The average Bonchev–Trinajstić information content (AvgIpc) is 2.49. The number of sulfonamides is 1. The highest BCUT2D eigenvalue weighted by molar-refractivity contribution is 7.92. The minimum Gasteiger partial charge on any atom is -0.326 e. The summed E-state index contributed by atoms with van der Waals surface area (Å²) < 4.78 is 25.6. The average molecular weight is 395 g/mol. The minimum absolute atomic E-state index is 0.0337. The zero-order valence-electron chi connectivity index (χ0n) is 15.3. The van der Waals surface area contributed by atoms with Crippen molar-refractivity contribution in [1.82, 2.24) is 0 Å². The molecule has 2 aromatic carbocycles. The van der Waals surface area contributed by atoms with E-state index in [1.165, 1.54) is 4.31 Å². The number of rotatable bonds is 6. The Labute approximate surface area is 160 Å². The monoisotopic (exact) mass is 394 g/mol. The molecule has 0 aliphatic rings. The molecule has 1 N–H and O–H groups in total. The van der Waals surface area contributed by atoms with Crippen molar-refractivity contribution >= 4 is 38.9 Å². The Morgan fingerprint density at radius 2 is 1.73 bits per heavy atom. The Bertz CT molecular complexity index is 906. The SMILES string of the molecule is Cc1cc(C)cc(NC(=O)CCN(c2cccc(Cl)c2C)S(C)(=O)=O)c1. The van der Waals surface area contributed by atoms with Gasteiger partial charge in [-0.25, -0.2) is 8.42 Å². The predicted molar refractivity (Wildman–Crippen MR) is 108 cm³/mol. The van der Waals surface area contributed by atoms with Gasteiger partial charge in [0, 0.05) is 23.7 Å². The van der Waals surface area contributed by atoms with Crippen molar-refractivity contribution in [1.29, 1.82) is 0 Å². The van der Waals surface area contributed by atoms with Crippen LogP contribution in [0.1, 0.15) is 23.1 Å². The highest BCUT2D eigenvalue weighted by atomic mass is 35.5. The van der Waals surface area contributed by atoms with Gasteiger partial charge in [-0.05, 0) is 61.7 Å². The zero-order chi connectivity index (χ0) is 19.5. The summed E-state index contributed by atoms with van der Waals surface area (Å²) in [6.45, 7) is 5.70. The van der Waals surface area contributed by atoms with Gasteiger partial charge in [0.25, 0.3) is 0 Å². The molecular formula is C19H23ClN2O3S. The first kappa shape index (κ1) is 20.3. The van der Waals surface area contributed by atoms with Crippen molar-refractivity contribution in [2.45, 2.75) is 27.2 Å².